The first-order valence-corrected chi connectivity index (χ1v) is 3.60. The van der Waals surface area contributed by atoms with Crippen molar-refractivity contribution in [2.24, 2.45) is 0 Å². The summed E-state index contributed by atoms with van der Waals surface area (Å²) >= 11 is 0. The molecular weight excluding hydrogens is 217 g/mol. The molecule has 0 unspecified atom stereocenters. The van der Waals surface area contributed by atoms with Gasteiger partial charge in [0.25, 0.3) is 0 Å². The quantitative estimate of drug-likeness (QED) is 0.481. The Balaban J connectivity index is 3.17. The van der Waals surface area contributed by atoms with E-state index in [0.717, 1.165) is 6.07 Å². The molecule has 0 atom stereocenters. The van der Waals surface area contributed by atoms with Crippen molar-refractivity contribution in [3.8, 4) is 5.75 Å². The molecule has 0 aliphatic rings. The molecule has 15 heavy (non-hydrogen) atoms. The maximum absolute atomic E-state index is 13.0. The molecule has 0 saturated heterocycles. The smallest absolute Gasteiger partial charge is 0.387 e. The molecule has 1 rings (SSSR count). The van der Waals surface area contributed by atoms with Crippen LogP contribution in [-0.4, -0.2) is 11.5 Å². The normalized spacial score (nSPS) is 10.4. The van der Waals surface area contributed by atoms with Crippen LogP contribution in [0.15, 0.2) is 12.1 Å². The second kappa shape index (κ2) is 4.03. The van der Waals surface area contributed by atoms with Crippen LogP contribution in [0.1, 0.15) is 0 Å². The van der Waals surface area contributed by atoms with Crippen molar-refractivity contribution < 1.29 is 22.8 Å². The zero-order valence-electron chi connectivity index (χ0n) is 7.12. The molecule has 0 radical (unpaired) electrons. The van der Waals surface area contributed by atoms with E-state index in [1.807, 2.05) is 0 Å². The standard InChI is InChI=1S/C7H5F3N2O3/c8-6-4(11)1-3(15-7(9)10)2-5(6)12(13)14/h1-2,7H,11H2. The number of anilines is 1. The minimum absolute atomic E-state index is 0.540. The van der Waals surface area contributed by atoms with Gasteiger partial charge in [-0.3, -0.25) is 10.1 Å². The van der Waals surface area contributed by atoms with E-state index < -0.39 is 34.5 Å². The number of benzene rings is 1. The van der Waals surface area contributed by atoms with Crippen molar-refractivity contribution in [3.63, 3.8) is 0 Å². The Morgan fingerprint density at radius 1 is 1.47 bits per heavy atom. The number of rotatable bonds is 3. The number of hydrogen-bond acceptors (Lipinski definition) is 4. The van der Waals surface area contributed by atoms with E-state index in [4.69, 9.17) is 5.73 Å². The van der Waals surface area contributed by atoms with Gasteiger partial charge in [-0.2, -0.15) is 13.2 Å². The van der Waals surface area contributed by atoms with Gasteiger partial charge in [0.15, 0.2) is 0 Å². The highest BCUT2D eigenvalue weighted by Crippen LogP contribution is 2.29. The van der Waals surface area contributed by atoms with Crippen molar-refractivity contribution in [1.29, 1.82) is 0 Å². The first kappa shape index (κ1) is 11.1. The second-order valence-electron chi connectivity index (χ2n) is 2.48. The van der Waals surface area contributed by atoms with E-state index >= 15 is 0 Å². The minimum atomic E-state index is -3.16. The molecule has 0 spiro atoms. The predicted octanol–water partition coefficient (Wildman–Crippen LogP) is 1.92. The molecular formula is C7H5F3N2O3. The lowest BCUT2D eigenvalue weighted by Crippen LogP contribution is -2.05. The Hall–Kier alpha value is -1.99. The number of nitro groups is 1. The average Bonchev–Trinajstić information content (AvgIpc) is 2.09. The van der Waals surface area contributed by atoms with Gasteiger partial charge in [-0.25, -0.2) is 0 Å². The zero-order chi connectivity index (χ0) is 11.6. The highest BCUT2D eigenvalue weighted by atomic mass is 19.3. The number of nitrogens with two attached hydrogens (primary N) is 1. The van der Waals surface area contributed by atoms with Gasteiger partial charge in [-0.1, -0.05) is 0 Å². The molecule has 5 nitrogen and oxygen atoms in total. The Kier molecular flexibility index (Phi) is 2.98. The summed E-state index contributed by atoms with van der Waals surface area (Å²) in [4.78, 5) is 9.20. The summed E-state index contributed by atoms with van der Waals surface area (Å²) in [5, 5.41) is 10.3. The number of nitro benzene ring substituents is 1. The van der Waals surface area contributed by atoms with Crippen LogP contribution in [0.5, 0.6) is 5.75 Å². The molecule has 1 aromatic rings. The summed E-state index contributed by atoms with van der Waals surface area (Å²) in [6.45, 7) is -3.16. The van der Waals surface area contributed by atoms with Crippen molar-refractivity contribution >= 4 is 11.4 Å². The van der Waals surface area contributed by atoms with Crippen LogP contribution in [0, 0.1) is 15.9 Å². The van der Waals surface area contributed by atoms with Gasteiger partial charge in [-0.15, -0.1) is 0 Å². The number of nitrogens with zero attached hydrogens (tertiary/aromatic N) is 1. The van der Waals surface area contributed by atoms with E-state index in [1.54, 1.807) is 0 Å². The number of nitrogen functional groups attached to an aromatic ring is 1. The molecule has 1 aromatic carbocycles. The fourth-order valence-corrected chi connectivity index (χ4v) is 0.908. The van der Waals surface area contributed by atoms with Crippen LogP contribution < -0.4 is 10.5 Å². The third-order valence-electron chi connectivity index (χ3n) is 1.48. The first-order chi connectivity index (χ1) is 6.91. The largest absolute Gasteiger partial charge is 0.434 e. The fraction of sp³-hybridized carbons (Fsp3) is 0.143. The van der Waals surface area contributed by atoms with Gasteiger partial charge in [0, 0.05) is 6.07 Å². The molecule has 82 valence electrons. The topological polar surface area (TPSA) is 78.4 Å². The third kappa shape index (κ3) is 2.48. The van der Waals surface area contributed by atoms with Gasteiger partial charge >= 0.3 is 12.3 Å². The van der Waals surface area contributed by atoms with Crippen molar-refractivity contribution in [1.82, 2.24) is 0 Å². The van der Waals surface area contributed by atoms with E-state index in [1.165, 1.54) is 0 Å². The summed E-state index contributed by atoms with van der Waals surface area (Å²) in [5.74, 6) is -1.84. The van der Waals surface area contributed by atoms with Gasteiger partial charge in [0.1, 0.15) is 5.75 Å². The maximum atomic E-state index is 13.0. The van der Waals surface area contributed by atoms with Gasteiger partial charge in [-0.05, 0) is 0 Å². The molecule has 0 amide bonds. The van der Waals surface area contributed by atoms with Crippen LogP contribution in [0.3, 0.4) is 0 Å². The van der Waals surface area contributed by atoms with E-state index in [2.05, 4.69) is 4.74 Å². The van der Waals surface area contributed by atoms with Crippen LogP contribution in [0.25, 0.3) is 0 Å². The van der Waals surface area contributed by atoms with Crippen LogP contribution >= 0.6 is 0 Å². The Morgan fingerprint density at radius 3 is 2.53 bits per heavy atom. The summed E-state index contributed by atoms with van der Waals surface area (Å²) < 4.78 is 40.3. The fourth-order valence-electron chi connectivity index (χ4n) is 0.908. The first-order valence-electron chi connectivity index (χ1n) is 3.60. The molecule has 8 heteroatoms. The van der Waals surface area contributed by atoms with E-state index in [0.29, 0.717) is 6.07 Å². The number of ether oxygens (including phenoxy) is 1. The van der Waals surface area contributed by atoms with Gasteiger partial charge in [0.2, 0.25) is 5.82 Å². The molecule has 0 bridgehead atoms. The van der Waals surface area contributed by atoms with Gasteiger partial charge in [0.05, 0.1) is 16.7 Å². The molecule has 0 fully saturated rings. The summed E-state index contributed by atoms with van der Waals surface area (Å²) in [6, 6.07) is 1.28. The Morgan fingerprint density at radius 2 is 2.07 bits per heavy atom. The van der Waals surface area contributed by atoms with Crippen molar-refractivity contribution in [3.05, 3.63) is 28.1 Å². The molecule has 0 heterocycles. The SMILES string of the molecule is Nc1cc(OC(F)F)cc([N+](=O)[O-])c1F. The highest BCUT2D eigenvalue weighted by molar-refractivity contribution is 5.55. The molecule has 0 saturated carbocycles. The lowest BCUT2D eigenvalue weighted by atomic mass is 10.2. The highest BCUT2D eigenvalue weighted by Gasteiger charge is 2.20. The summed E-state index contributed by atoms with van der Waals surface area (Å²) in [6.07, 6.45) is 0. The predicted molar refractivity (Wildman–Crippen MR) is 44.1 cm³/mol. The summed E-state index contributed by atoms with van der Waals surface area (Å²) in [5.41, 5.74) is 3.40. The minimum Gasteiger partial charge on any atom is -0.434 e. The van der Waals surface area contributed by atoms with E-state index in [9.17, 15) is 23.3 Å². The zero-order valence-corrected chi connectivity index (χ0v) is 7.12. The van der Waals surface area contributed by atoms with E-state index in [-0.39, 0.29) is 0 Å². The van der Waals surface area contributed by atoms with Crippen LogP contribution in [-0.2, 0) is 0 Å². The van der Waals surface area contributed by atoms with Crippen molar-refractivity contribution in [2.45, 2.75) is 6.61 Å². The van der Waals surface area contributed by atoms with Crippen LogP contribution in [0.2, 0.25) is 0 Å². The monoisotopic (exact) mass is 222 g/mol. The average molecular weight is 222 g/mol. The van der Waals surface area contributed by atoms with Gasteiger partial charge < -0.3 is 10.5 Å². The third-order valence-corrected chi connectivity index (χ3v) is 1.48. The second-order valence-corrected chi connectivity index (χ2v) is 2.48. The Labute approximate surface area is 81.4 Å². The number of alkyl halides is 2. The molecule has 0 aromatic heterocycles. The lowest BCUT2D eigenvalue weighted by Gasteiger charge is -2.05. The lowest BCUT2D eigenvalue weighted by molar-refractivity contribution is -0.387. The molecule has 2 N–H and O–H groups in total. The maximum Gasteiger partial charge on any atom is 0.387 e. The number of halogens is 3. The van der Waals surface area contributed by atoms with Crippen LogP contribution in [0.4, 0.5) is 24.5 Å². The summed E-state index contributed by atoms with van der Waals surface area (Å²) in [7, 11) is 0. The molecule has 0 aliphatic heterocycles. The van der Waals surface area contributed by atoms with Crippen molar-refractivity contribution in [2.75, 3.05) is 5.73 Å². The number of hydrogen-bond donors (Lipinski definition) is 1. The Bertz CT molecular complexity index is 397. The molecule has 0 aliphatic carbocycles.